The Bertz CT molecular complexity index is 937. The van der Waals surface area contributed by atoms with Crippen molar-refractivity contribution >= 4 is 34.3 Å². The zero-order chi connectivity index (χ0) is 20.5. The molecule has 4 rings (SSSR count). The van der Waals surface area contributed by atoms with Gasteiger partial charge in [-0.1, -0.05) is 11.6 Å². The summed E-state index contributed by atoms with van der Waals surface area (Å²) in [4.78, 5) is 33.2. The van der Waals surface area contributed by atoms with Crippen molar-refractivity contribution in [3.8, 4) is 0 Å². The molecule has 2 aliphatic rings. The van der Waals surface area contributed by atoms with E-state index >= 15 is 0 Å². The molecule has 1 N–H and O–H groups in total. The van der Waals surface area contributed by atoms with Crippen molar-refractivity contribution in [2.24, 2.45) is 0 Å². The number of amides is 2. The molecule has 1 aromatic carbocycles. The quantitative estimate of drug-likeness (QED) is 0.811. The third-order valence-corrected chi connectivity index (χ3v) is 5.76. The summed E-state index contributed by atoms with van der Waals surface area (Å²) in [6.45, 7) is 4.39. The number of morpholine rings is 1. The van der Waals surface area contributed by atoms with E-state index in [4.69, 9.17) is 16.3 Å². The second kappa shape index (κ2) is 8.25. The molecule has 0 bridgehead atoms. The lowest BCUT2D eigenvalue weighted by molar-refractivity contribution is -0.134. The molecule has 2 amide bonds. The number of halogens is 3. The molecule has 156 valence electrons. The number of nitrogens with one attached hydrogen (secondary N) is 1. The number of nitrogens with zero attached hydrogens (tertiary/aromatic N) is 3. The number of carbonyl (C=O) groups is 2. The van der Waals surface area contributed by atoms with Crippen LogP contribution < -0.4 is 0 Å². The van der Waals surface area contributed by atoms with E-state index in [1.54, 1.807) is 4.90 Å². The van der Waals surface area contributed by atoms with Crippen LogP contribution in [-0.4, -0.2) is 90.5 Å². The van der Waals surface area contributed by atoms with Gasteiger partial charge in [0.15, 0.2) is 5.82 Å². The van der Waals surface area contributed by atoms with Crippen LogP contribution in [0.1, 0.15) is 10.5 Å². The Morgan fingerprint density at radius 1 is 1.03 bits per heavy atom. The van der Waals surface area contributed by atoms with Gasteiger partial charge in [0.2, 0.25) is 5.91 Å². The van der Waals surface area contributed by atoms with E-state index in [0.717, 1.165) is 19.2 Å². The lowest BCUT2D eigenvalue weighted by Crippen LogP contribution is -2.53. The molecule has 1 aromatic heterocycles. The average molecular weight is 427 g/mol. The number of rotatable bonds is 3. The highest BCUT2D eigenvalue weighted by molar-refractivity contribution is 6.35. The minimum Gasteiger partial charge on any atom is -0.379 e. The number of ether oxygens (including phenoxy) is 1. The fourth-order valence-corrected chi connectivity index (χ4v) is 3.95. The fraction of sp³-hybridized carbons (Fsp3) is 0.474. The Labute approximate surface area is 171 Å². The molecule has 0 atom stereocenters. The number of H-pyrrole nitrogens is 1. The van der Waals surface area contributed by atoms with Crippen LogP contribution in [0, 0.1) is 11.6 Å². The topological polar surface area (TPSA) is 68.9 Å². The number of aromatic amines is 1. The monoisotopic (exact) mass is 426 g/mol. The predicted molar refractivity (Wildman–Crippen MR) is 103 cm³/mol. The summed E-state index contributed by atoms with van der Waals surface area (Å²) in [5, 5.41) is -0.483. The van der Waals surface area contributed by atoms with E-state index in [-0.39, 0.29) is 27.5 Å². The summed E-state index contributed by atoms with van der Waals surface area (Å²) in [6.07, 6.45) is 0. The summed E-state index contributed by atoms with van der Waals surface area (Å²) in [5.41, 5.74) is 0.0113. The van der Waals surface area contributed by atoms with Gasteiger partial charge < -0.3 is 19.5 Å². The predicted octanol–water partition coefficient (Wildman–Crippen LogP) is 1.72. The van der Waals surface area contributed by atoms with Gasteiger partial charge in [-0.25, -0.2) is 8.78 Å². The molecular formula is C19H21ClF2N4O3. The molecule has 0 saturated carbocycles. The van der Waals surface area contributed by atoms with Crippen LogP contribution in [0.2, 0.25) is 5.02 Å². The van der Waals surface area contributed by atoms with E-state index in [2.05, 4.69) is 4.98 Å². The number of benzene rings is 1. The highest BCUT2D eigenvalue weighted by Gasteiger charge is 2.29. The minimum atomic E-state index is -0.861. The van der Waals surface area contributed by atoms with E-state index < -0.39 is 17.5 Å². The molecule has 3 heterocycles. The SMILES string of the molecule is O=C(CN1CCOCC1)N1CCN(C(=O)c2[nH]c3ccc(F)c(Cl)c3c2F)CC1. The maximum absolute atomic E-state index is 14.7. The van der Waals surface area contributed by atoms with Gasteiger partial charge in [0, 0.05) is 39.3 Å². The Hall–Kier alpha value is -2.23. The van der Waals surface area contributed by atoms with Crippen LogP contribution in [0.15, 0.2) is 12.1 Å². The first kappa shape index (κ1) is 20.1. The molecular weight excluding hydrogens is 406 g/mol. The van der Waals surface area contributed by atoms with Crippen molar-refractivity contribution in [1.29, 1.82) is 0 Å². The van der Waals surface area contributed by atoms with Gasteiger partial charge in [-0.3, -0.25) is 14.5 Å². The summed E-state index contributed by atoms with van der Waals surface area (Å²) >= 11 is 5.85. The molecule has 2 fully saturated rings. The number of hydrogen-bond donors (Lipinski definition) is 1. The van der Waals surface area contributed by atoms with Gasteiger partial charge in [0.05, 0.1) is 35.7 Å². The standard InChI is InChI=1S/C19H21ClF2N4O3/c20-16-12(21)1-2-13-15(16)17(22)18(23-13)19(28)26-5-3-25(4-6-26)14(27)11-24-7-9-29-10-8-24/h1-2,23H,3-11H2. The largest absolute Gasteiger partial charge is 0.379 e. The molecule has 7 nitrogen and oxygen atoms in total. The van der Waals surface area contributed by atoms with E-state index in [0.29, 0.717) is 45.9 Å². The lowest BCUT2D eigenvalue weighted by atomic mass is 10.2. The smallest absolute Gasteiger partial charge is 0.273 e. The van der Waals surface area contributed by atoms with Crippen molar-refractivity contribution in [2.45, 2.75) is 0 Å². The normalized spacial score (nSPS) is 18.4. The first-order valence-corrected chi connectivity index (χ1v) is 9.86. The van der Waals surface area contributed by atoms with Crippen molar-refractivity contribution in [3.63, 3.8) is 0 Å². The van der Waals surface area contributed by atoms with Crippen LogP contribution in [0.4, 0.5) is 8.78 Å². The molecule has 0 unspecified atom stereocenters. The van der Waals surface area contributed by atoms with Gasteiger partial charge in [-0.05, 0) is 12.1 Å². The van der Waals surface area contributed by atoms with E-state index in [9.17, 15) is 18.4 Å². The molecule has 10 heteroatoms. The van der Waals surface area contributed by atoms with Crippen molar-refractivity contribution in [3.05, 3.63) is 34.5 Å². The molecule has 29 heavy (non-hydrogen) atoms. The lowest BCUT2D eigenvalue weighted by Gasteiger charge is -2.36. The van der Waals surface area contributed by atoms with Crippen LogP contribution in [0.25, 0.3) is 10.9 Å². The fourth-order valence-electron chi connectivity index (χ4n) is 3.70. The number of carbonyl (C=O) groups excluding carboxylic acids is 2. The summed E-state index contributed by atoms with van der Waals surface area (Å²) in [7, 11) is 0. The number of aromatic nitrogens is 1. The van der Waals surface area contributed by atoms with Crippen molar-refractivity contribution in [2.75, 3.05) is 59.0 Å². The third-order valence-electron chi connectivity index (χ3n) is 5.39. The Kier molecular flexibility index (Phi) is 5.71. The molecule has 0 aliphatic carbocycles. The zero-order valence-electron chi connectivity index (χ0n) is 15.7. The molecule has 2 aromatic rings. The van der Waals surface area contributed by atoms with Crippen LogP contribution in [-0.2, 0) is 9.53 Å². The summed E-state index contributed by atoms with van der Waals surface area (Å²) in [5.74, 6) is -2.13. The van der Waals surface area contributed by atoms with Crippen molar-refractivity contribution in [1.82, 2.24) is 19.7 Å². The number of fused-ring (bicyclic) bond motifs is 1. The minimum absolute atomic E-state index is 0.0121. The first-order chi connectivity index (χ1) is 14.0. The maximum Gasteiger partial charge on any atom is 0.273 e. The van der Waals surface area contributed by atoms with Gasteiger partial charge in [0.1, 0.15) is 11.5 Å². The Morgan fingerprint density at radius 3 is 2.38 bits per heavy atom. The highest BCUT2D eigenvalue weighted by Crippen LogP contribution is 2.31. The van der Waals surface area contributed by atoms with Gasteiger partial charge >= 0.3 is 0 Å². The van der Waals surface area contributed by atoms with Crippen LogP contribution in [0.5, 0.6) is 0 Å². The average Bonchev–Trinajstić information content (AvgIpc) is 3.08. The molecule has 2 aliphatic heterocycles. The second-order valence-electron chi connectivity index (χ2n) is 7.16. The van der Waals surface area contributed by atoms with Crippen molar-refractivity contribution < 1.29 is 23.1 Å². The summed E-state index contributed by atoms with van der Waals surface area (Å²) < 4.78 is 33.6. The zero-order valence-corrected chi connectivity index (χ0v) is 16.5. The Morgan fingerprint density at radius 2 is 1.69 bits per heavy atom. The highest BCUT2D eigenvalue weighted by atomic mass is 35.5. The Balaban J connectivity index is 1.40. The van der Waals surface area contributed by atoms with Gasteiger partial charge in [0.25, 0.3) is 5.91 Å². The first-order valence-electron chi connectivity index (χ1n) is 9.48. The number of hydrogen-bond acceptors (Lipinski definition) is 4. The van der Waals surface area contributed by atoms with Gasteiger partial charge in [-0.15, -0.1) is 0 Å². The molecule has 0 spiro atoms. The van der Waals surface area contributed by atoms with E-state index in [1.165, 1.54) is 11.0 Å². The van der Waals surface area contributed by atoms with Crippen LogP contribution in [0.3, 0.4) is 0 Å². The molecule has 2 saturated heterocycles. The molecule has 0 radical (unpaired) electrons. The maximum atomic E-state index is 14.7. The summed E-state index contributed by atoms with van der Waals surface area (Å²) in [6, 6.07) is 2.46. The number of piperazine rings is 1. The van der Waals surface area contributed by atoms with Crippen LogP contribution >= 0.6 is 11.6 Å². The van der Waals surface area contributed by atoms with E-state index in [1.807, 2.05) is 4.90 Å². The van der Waals surface area contributed by atoms with Gasteiger partial charge in [-0.2, -0.15) is 0 Å². The second-order valence-corrected chi connectivity index (χ2v) is 7.54. The third kappa shape index (κ3) is 3.94.